The summed E-state index contributed by atoms with van der Waals surface area (Å²) in [5, 5.41) is 0. The predicted molar refractivity (Wildman–Crippen MR) is 77.0 cm³/mol. The number of hydrogen-bond acceptors (Lipinski definition) is 4. The van der Waals surface area contributed by atoms with E-state index in [1.54, 1.807) is 7.11 Å². The summed E-state index contributed by atoms with van der Waals surface area (Å²) < 4.78 is 28.4. The maximum Gasteiger partial charge on any atom is 0.333 e. The fourth-order valence-electron chi connectivity index (χ4n) is 1.87. The molecule has 0 bridgehead atoms. The van der Waals surface area contributed by atoms with Gasteiger partial charge in [0.15, 0.2) is 0 Å². The summed E-state index contributed by atoms with van der Waals surface area (Å²) in [6.45, 7) is 6.34. The highest BCUT2D eigenvalue weighted by molar-refractivity contribution is 7.54. The van der Waals surface area contributed by atoms with E-state index in [0.29, 0.717) is 19.6 Å². The third-order valence-electron chi connectivity index (χ3n) is 2.85. The summed E-state index contributed by atoms with van der Waals surface area (Å²) in [6, 6.07) is 7.73. The lowest BCUT2D eigenvalue weighted by Gasteiger charge is -2.23. The van der Waals surface area contributed by atoms with E-state index in [1.165, 1.54) is 0 Å². The molecule has 0 amide bonds. The highest BCUT2D eigenvalue weighted by Crippen LogP contribution is 2.53. The molecule has 4 nitrogen and oxygen atoms in total. The highest BCUT2D eigenvalue weighted by atomic mass is 31.2. The van der Waals surface area contributed by atoms with Gasteiger partial charge < -0.3 is 13.8 Å². The second-order valence-corrected chi connectivity index (χ2v) is 6.75. The van der Waals surface area contributed by atoms with E-state index in [4.69, 9.17) is 13.8 Å². The van der Waals surface area contributed by atoms with Gasteiger partial charge in [-0.1, -0.05) is 19.1 Å². The maximum atomic E-state index is 12.6. The number of ether oxygens (including phenoxy) is 1. The smallest absolute Gasteiger partial charge is 0.333 e. The van der Waals surface area contributed by atoms with Crippen molar-refractivity contribution < 1.29 is 18.3 Å². The van der Waals surface area contributed by atoms with Crippen LogP contribution in [0.1, 0.15) is 26.3 Å². The van der Waals surface area contributed by atoms with Crippen LogP contribution in [0.5, 0.6) is 5.75 Å². The summed E-state index contributed by atoms with van der Waals surface area (Å²) in [4.78, 5) is 0. The zero-order valence-corrected chi connectivity index (χ0v) is 13.0. The minimum absolute atomic E-state index is 0.166. The average molecular weight is 286 g/mol. The largest absolute Gasteiger partial charge is 0.497 e. The summed E-state index contributed by atoms with van der Waals surface area (Å²) in [6.07, 6.45) is 0.654. The molecule has 108 valence electrons. The second-order valence-electron chi connectivity index (χ2n) is 4.28. The van der Waals surface area contributed by atoms with Crippen molar-refractivity contribution in [2.24, 2.45) is 0 Å². The van der Waals surface area contributed by atoms with E-state index < -0.39 is 7.60 Å². The Kier molecular flexibility index (Phi) is 6.56. The molecule has 0 saturated heterocycles. The van der Waals surface area contributed by atoms with E-state index >= 15 is 0 Å². The molecule has 0 heterocycles. The summed E-state index contributed by atoms with van der Waals surface area (Å²) in [7, 11) is -1.39. The molecular weight excluding hydrogens is 263 g/mol. The van der Waals surface area contributed by atoms with Crippen LogP contribution in [0.2, 0.25) is 0 Å². The molecule has 0 aromatic heterocycles. The third kappa shape index (κ3) is 4.64. The summed E-state index contributed by atoms with van der Waals surface area (Å²) in [5.41, 5.74) is 0.925. The van der Waals surface area contributed by atoms with E-state index in [9.17, 15) is 4.57 Å². The zero-order chi connectivity index (χ0) is 14.3. The number of rotatable bonds is 8. The molecule has 0 radical (unpaired) electrons. The van der Waals surface area contributed by atoms with Crippen molar-refractivity contribution in [3.63, 3.8) is 0 Å². The molecule has 0 aliphatic heterocycles. The van der Waals surface area contributed by atoms with Crippen molar-refractivity contribution in [1.29, 1.82) is 0 Å². The molecule has 0 spiro atoms. The molecule has 19 heavy (non-hydrogen) atoms. The van der Waals surface area contributed by atoms with Gasteiger partial charge in [0.05, 0.1) is 26.0 Å². The van der Waals surface area contributed by atoms with Crippen molar-refractivity contribution in [3.8, 4) is 5.75 Å². The Balaban J connectivity index is 2.74. The Morgan fingerprint density at radius 2 is 1.63 bits per heavy atom. The number of hydrogen-bond donors (Lipinski definition) is 0. The van der Waals surface area contributed by atoms with Crippen molar-refractivity contribution in [2.45, 2.75) is 32.9 Å². The fraction of sp³-hybridized carbons (Fsp3) is 0.571. The molecule has 0 N–H and O–H groups in total. The van der Waals surface area contributed by atoms with Crippen LogP contribution in [-0.4, -0.2) is 26.0 Å². The third-order valence-corrected chi connectivity index (χ3v) is 5.35. The molecule has 0 fully saturated rings. The highest BCUT2D eigenvalue weighted by Gasteiger charge is 2.31. The van der Waals surface area contributed by atoms with Crippen LogP contribution in [0.4, 0.5) is 0 Å². The standard InChI is InChI=1S/C14H23O4P/c1-5-17-19(15,18-6-2)12(3)11-13-7-9-14(16-4)10-8-13/h7-10,12H,5-6,11H2,1-4H3/t12-/m0/s1. The number of methoxy groups -OCH3 is 1. The first-order valence-corrected chi connectivity index (χ1v) is 8.18. The van der Waals surface area contributed by atoms with Crippen LogP contribution in [0.25, 0.3) is 0 Å². The van der Waals surface area contributed by atoms with Crippen molar-refractivity contribution in [2.75, 3.05) is 20.3 Å². The Morgan fingerprint density at radius 1 is 1.11 bits per heavy atom. The number of benzene rings is 1. The molecule has 0 aliphatic rings. The van der Waals surface area contributed by atoms with Crippen LogP contribution >= 0.6 is 7.60 Å². The fourth-order valence-corrected chi connectivity index (χ4v) is 3.60. The van der Waals surface area contributed by atoms with Crippen LogP contribution in [-0.2, 0) is 20.0 Å². The van der Waals surface area contributed by atoms with Crippen LogP contribution in [0, 0.1) is 0 Å². The van der Waals surface area contributed by atoms with Gasteiger partial charge in [-0.3, -0.25) is 4.57 Å². The Morgan fingerprint density at radius 3 is 2.05 bits per heavy atom. The van der Waals surface area contributed by atoms with Gasteiger partial charge in [-0.25, -0.2) is 0 Å². The Labute approximate surface area is 115 Å². The van der Waals surface area contributed by atoms with E-state index in [1.807, 2.05) is 45.0 Å². The van der Waals surface area contributed by atoms with Crippen molar-refractivity contribution >= 4 is 7.60 Å². The predicted octanol–water partition coefficient (Wildman–Crippen LogP) is 3.89. The summed E-state index contributed by atoms with van der Waals surface area (Å²) >= 11 is 0. The first-order valence-electron chi connectivity index (χ1n) is 6.57. The van der Waals surface area contributed by atoms with Gasteiger partial charge in [0.1, 0.15) is 5.75 Å². The van der Waals surface area contributed by atoms with Gasteiger partial charge in [-0.05, 0) is 38.0 Å². The molecule has 0 aliphatic carbocycles. The minimum atomic E-state index is -3.03. The quantitative estimate of drug-likeness (QED) is 0.680. The molecule has 0 saturated carbocycles. The van der Waals surface area contributed by atoms with Gasteiger partial charge in [-0.2, -0.15) is 0 Å². The first kappa shape index (κ1) is 16.2. The van der Waals surface area contributed by atoms with E-state index in [-0.39, 0.29) is 5.66 Å². The van der Waals surface area contributed by atoms with Crippen LogP contribution in [0.15, 0.2) is 24.3 Å². The maximum absolute atomic E-state index is 12.6. The molecule has 0 unspecified atom stereocenters. The van der Waals surface area contributed by atoms with Crippen LogP contribution < -0.4 is 4.74 Å². The molecule has 1 rings (SSSR count). The zero-order valence-electron chi connectivity index (χ0n) is 12.1. The lowest BCUT2D eigenvalue weighted by atomic mass is 10.1. The summed E-state index contributed by atoms with van der Waals surface area (Å²) in [5.74, 6) is 0.814. The molecule has 5 heteroatoms. The first-order chi connectivity index (χ1) is 9.05. The molecule has 1 atom stereocenters. The van der Waals surface area contributed by atoms with Crippen LogP contribution in [0.3, 0.4) is 0 Å². The van der Waals surface area contributed by atoms with Gasteiger partial charge in [0.25, 0.3) is 0 Å². The van der Waals surface area contributed by atoms with E-state index in [2.05, 4.69) is 0 Å². The van der Waals surface area contributed by atoms with E-state index in [0.717, 1.165) is 11.3 Å². The second kappa shape index (κ2) is 7.68. The normalized spacial score (nSPS) is 13.3. The van der Waals surface area contributed by atoms with Crippen molar-refractivity contribution in [1.82, 2.24) is 0 Å². The van der Waals surface area contributed by atoms with Crippen molar-refractivity contribution in [3.05, 3.63) is 29.8 Å². The molecule has 1 aromatic carbocycles. The monoisotopic (exact) mass is 286 g/mol. The van der Waals surface area contributed by atoms with Gasteiger partial charge in [0, 0.05) is 0 Å². The minimum Gasteiger partial charge on any atom is -0.497 e. The molecular formula is C14H23O4P. The SMILES string of the molecule is CCOP(=O)(OCC)[C@@H](C)Cc1ccc(OC)cc1. The van der Waals surface area contributed by atoms with Gasteiger partial charge in [-0.15, -0.1) is 0 Å². The van der Waals surface area contributed by atoms with Gasteiger partial charge >= 0.3 is 7.60 Å². The Bertz CT molecular complexity index is 406. The lowest BCUT2D eigenvalue weighted by molar-refractivity contribution is 0.213. The topological polar surface area (TPSA) is 44.8 Å². The van der Waals surface area contributed by atoms with Gasteiger partial charge in [0.2, 0.25) is 0 Å². The average Bonchev–Trinajstić information content (AvgIpc) is 2.40. The molecule has 1 aromatic rings. The lowest BCUT2D eigenvalue weighted by Crippen LogP contribution is -2.12. The Hall–Kier alpha value is -0.830.